The van der Waals surface area contributed by atoms with Crippen LogP contribution in [0.25, 0.3) is 0 Å². The minimum atomic E-state index is -4.55. The monoisotopic (exact) mass is 246 g/mol. The lowest BCUT2D eigenvalue weighted by molar-refractivity contribution is -0.137. The van der Waals surface area contributed by atoms with Crippen molar-refractivity contribution in [3.63, 3.8) is 0 Å². The lowest BCUT2D eigenvalue weighted by Crippen LogP contribution is -2.19. The fraction of sp³-hybridized carbons (Fsp3) is 0.364. The van der Waals surface area contributed by atoms with Crippen LogP contribution in [-0.2, 0) is 6.18 Å². The maximum Gasteiger partial charge on any atom is 0.417 e. The molecule has 0 saturated carbocycles. The molecule has 3 nitrogen and oxygen atoms in total. The Labute approximate surface area is 96.9 Å². The molecule has 0 saturated heterocycles. The van der Waals surface area contributed by atoms with E-state index in [9.17, 15) is 13.2 Å². The summed E-state index contributed by atoms with van der Waals surface area (Å²) in [4.78, 5) is 0. The van der Waals surface area contributed by atoms with Crippen molar-refractivity contribution in [3.8, 4) is 5.75 Å². The SMILES string of the molecule is CCCOc1ccc(C(=N)N)c(C(F)(F)F)c1. The van der Waals surface area contributed by atoms with Crippen LogP contribution in [0.2, 0.25) is 0 Å². The highest BCUT2D eigenvalue weighted by Crippen LogP contribution is 2.34. The molecule has 1 aromatic carbocycles. The Kier molecular flexibility index (Phi) is 3.98. The number of nitrogens with two attached hydrogens (primary N) is 1. The Morgan fingerprint density at radius 2 is 2.06 bits per heavy atom. The van der Waals surface area contributed by atoms with E-state index in [4.69, 9.17) is 15.9 Å². The Balaban J connectivity index is 3.15. The van der Waals surface area contributed by atoms with Crippen LogP contribution < -0.4 is 10.5 Å². The summed E-state index contributed by atoms with van der Waals surface area (Å²) in [7, 11) is 0. The van der Waals surface area contributed by atoms with Crippen molar-refractivity contribution in [1.82, 2.24) is 0 Å². The van der Waals surface area contributed by atoms with Gasteiger partial charge < -0.3 is 10.5 Å². The van der Waals surface area contributed by atoms with E-state index in [0.717, 1.165) is 12.1 Å². The normalized spacial score (nSPS) is 11.3. The van der Waals surface area contributed by atoms with Gasteiger partial charge in [-0.3, -0.25) is 5.41 Å². The van der Waals surface area contributed by atoms with E-state index in [2.05, 4.69) is 0 Å². The van der Waals surface area contributed by atoms with E-state index in [1.54, 1.807) is 0 Å². The predicted octanol–water partition coefficient (Wildman–Crippen LogP) is 2.78. The van der Waals surface area contributed by atoms with E-state index in [0.29, 0.717) is 13.0 Å². The molecule has 1 rings (SSSR count). The molecule has 94 valence electrons. The first-order chi connectivity index (χ1) is 7.86. The number of amidine groups is 1. The van der Waals surface area contributed by atoms with Crippen molar-refractivity contribution in [2.24, 2.45) is 5.73 Å². The number of hydrogen-bond acceptors (Lipinski definition) is 2. The van der Waals surface area contributed by atoms with E-state index < -0.39 is 17.6 Å². The Morgan fingerprint density at radius 3 is 2.53 bits per heavy atom. The summed E-state index contributed by atoms with van der Waals surface area (Å²) in [5.41, 5.74) is 3.83. The average Bonchev–Trinajstić information content (AvgIpc) is 2.24. The van der Waals surface area contributed by atoms with Crippen LogP contribution >= 0.6 is 0 Å². The van der Waals surface area contributed by atoms with Crippen LogP contribution in [0.4, 0.5) is 13.2 Å². The maximum absolute atomic E-state index is 12.7. The topological polar surface area (TPSA) is 59.1 Å². The first kappa shape index (κ1) is 13.3. The summed E-state index contributed by atoms with van der Waals surface area (Å²) in [6.45, 7) is 2.20. The lowest BCUT2D eigenvalue weighted by atomic mass is 10.1. The number of alkyl halides is 3. The molecule has 0 heterocycles. The minimum absolute atomic E-state index is 0.129. The van der Waals surface area contributed by atoms with Crippen molar-refractivity contribution in [2.75, 3.05) is 6.61 Å². The first-order valence-corrected chi connectivity index (χ1v) is 5.04. The van der Waals surface area contributed by atoms with Gasteiger partial charge in [0.25, 0.3) is 0 Å². The van der Waals surface area contributed by atoms with Crippen molar-refractivity contribution in [3.05, 3.63) is 29.3 Å². The highest BCUT2D eigenvalue weighted by atomic mass is 19.4. The fourth-order valence-electron chi connectivity index (χ4n) is 1.30. The van der Waals surface area contributed by atoms with E-state index in [-0.39, 0.29) is 11.3 Å². The number of hydrogen-bond donors (Lipinski definition) is 2. The fourth-order valence-corrected chi connectivity index (χ4v) is 1.30. The summed E-state index contributed by atoms with van der Waals surface area (Å²) >= 11 is 0. The van der Waals surface area contributed by atoms with Gasteiger partial charge in [0.2, 0.25) is 0 Å². The minimum Gasteiger partial charge on any atom is -0.494 e. The molecule has 0 unspecified atom stereocenters. The van der Waals surface area contributed by atoms with Crippen molar-refractivity contribution in [1.29, 1.82) is 5.41 Å². The smallest absolute Gasteiger partial charge is 0.417 e. The van der Waals surface area contributed by atoms with Gasteiger partial charge in [0.05, 0.1) is 12.2 Å². The molecular weight excluding hydrogens is 233 g/mol. The van der Waals surface area contributed by atoms with Crippen molar-refractivity contribution >= 4 is 5.84 Å². The molecule has 0 aliphatic carbocycles. The molecule has 0 atom stereocenters. The van der Waals surface area contributed by atoms with Crippen LogP contribution in [0.3, 0.4) is 0 Å². The molecule has 0 bridgehead atoms. The Bertz CT molecular complexity index is 416. The molecule has 0 aliphatic rings. The molecule has 0 aromatic heterocycles. The number of halogens is 3. The van der Waals surface area contributed by atoms with Crippen LogP contribution in [0.1, 0.15) is 24.5 Å². The van der Waals surface area contributed by atoms with Gasteiger partial charge in [0.1, 0.15) is 11.6 Å². The summed E-state index contributed by atoms with van der Waals surface area (Å²) in [5, 5.41) is 7.10. The Hall–Kier alpha value is -1.72. The molecule has 0 fully saturated rings. The third-order valence-corrected chi connectivity index (χ3v) is 2.06. The van der Waals surface area contributed by atoms with E-state index in [1.807, 2.05) is 6.92 Å². The number of nitrogen functional groups attached to an aromatic ring is 1. The lowest BCUT2D eigenvalue weighted by Gasteiger charge is -2.14. The molecule has 0 amide bonds. The second-order valence-corrected chi connectivity index (χ2v) is 3.47. The van der Waals surface area contributed by atoms with Gasteiger partial charge in [-0.15, -0.1) is 0 Å². The van der Waals surface area contributed by atoms with E-state index >= 15 is 0 Å². The number of nitrogens with one attached hydrogen (secondary N) is 1. The van der Waals surface area contributed by atoms with E-state index in [1.165, 1.54) is 6.07 Å². The molecule has 0 aliphatic heterocycles. The largest absolute Gasteiger partial charge is 0.494 e. The molecule has 1 aromatic rings. The van der Waals surface area contributed by atoms with Gasteiger partial charge in [0.15, 0.2) is 0 Å². The van der Waals surface area contributed by atoms with Gasteiger partial charge >= 0.3 is 6.18 Å². The molecule has 0 spiro atoms. The average molecular weight is 246 g/mol. The van der Waals surface area contributed by atoms with Gasteiger partial charge in [-0.25, -0.2) is 0 Å². The summed E-state index contributed by atoms with van der Waals surface area (Å²) in [6, 6.07) is 3.39. The van der Waals surface area contributed by atoms with Gasteiger partial charge in [-0.2, -0.15) is 13.2 Å². The van der Waals surface area contributed by atoms with Gasteiger partial charge in [0, 0.05) is 5.56 Å². The maximum atomic E-state index is 12.7. The highest BCUT2D eigenvalue weighted by molar-refractivity contribution is 5.96. The highest BCUT2D eigenvalue weighted by Gasteiger charge is 2.34. The Morgan fingerprint density at radius 1 is 1.41 bits per heavy atom. The summed E-state index contributed by atoms with van der Waals surface area (Å²) < 4.78 is 43.2. The number of benzene rings is 1. The van der Waals surface area contributed by atoms with Gasteiger partial charge in [-0.1, -0.05) is 6.92 Å². The number of rotatable bonds is 4. The third kappa shape index (κ3) is 3.37. The summed E-state index contributed by atoms with van der Waals surface area (Å²) in [6.07, 6.45) is -3.84. The number of ether oxygens (including phenoxy) is 1. The zero-order valence-electron chi connectivity index (χ0n) is 9.27. The quantitative estimate of drug-likeness (QED) is 0.634. The molecular formula is C11H13F3N2O. The van der Waals surface area contributed by atoms with Crippen molar-refractivity contribution < 1.29 is 17.9 Å². The predicted molar refractivity (Wildman–Crippen MR) is 58.2 cm³/mol. The standard InChI is InChI=1S/C11H13F3N2O/c1-2-5-17-7-3-4-8(10(15)16)9(6-7)11(12,13)14/h3-4,6H,2,5H2,1H3,(H3,15,16). The van der Waals surface area contributed by atoms with Crippen LogP contribution in [0.15, 0.2) is 18.2 Å². The zero-order valence-corrected chi connectivity index (χ0v) is 9.27. The zero-order chi connectivity index (χ0) is 13.1. The molecule has 17 heavy (non-hydrogen) atoms. The summed E-state index contributed by atoms with van der Waals surface area (Å²) in [5.74, 6) is -0.483. The molecule has 0 radical (unpaired) electrons. The van der Waals surface area contributed by atoms with Crippen LogP contribution in [0, 0.1) is 5.41 Å². The molecule has 6 heteroatoms. The second kappa shape index (κ2) is 5.07. The second-order valence-electron chi connectivity index (χ2n) is 3.47. The first-order valence-electron chi connectivity index (χ1n) is 5.04. The van der Waals surface area contributed by atoms with Crippen LogP contribution in [-0.4, -0.2) is 12.4 Å². The van der Waals surface area contributed by atoms with Crippen LogP contribution in [0.5, 0.6) is 5.75 Å². The van der Waals surface area contributed by atoms with Gasteiger partial charge in [-0.05, 0) is 24.6 Å². The molecule has 3 N–H and O–H groups in total. The van der Waals surface area contributed by atoms with Crippen molar-refractivity contribution in [2.45, 2.75) is 19.5 Å². The third-order valence-electron chi connectivity index (χ3n) is 2.06.